The maximum Gasteiger partial charge on any atom is 0.0480 e. The Bertz CT molecular complexity index is 279. The van der Waals surface area contributed by atoms with Gasteiger partial charge in [-0.3, -0.25) is 0 Å². The summed E-state index contributed by atoms with van der Waals surface area (Å²) in [7, 11) is 0. The van der Waals surface area contributed by atoms with Crippen LogP contribution >= 0.6 is 0 Å². The molecule has 1 N–H and O–H groups in total. The lowest BCUT2D eigenvalue weighted by Gasteiger charge is -1.97. The second kappa shape index (κ2) is 10.8. The summed E-state index contributed by atoms with van der Waals surface area (Å²) in [5, 5.41) is 0. The first-order valence-electron chi connectivity index (χ1n) is 5.72. The molecule has 86 valence electrons. The molecule has 0 spiro atoms. The van der Waals surface area contributed by atoms with Crippen LogP contribution in [0.15, 0.2) is 24.9 Å². The zero-order chi connectivity index (χ0) is 12.3. The van der Waals surface area contributed by atoms with E-state index in [0.717, 1.165) is 0 Å². The van der Waals surface area contributed by atoms with Crippen molar-refractivity contribution in [3.05, 3.63) is 36.2 Å². The predicted molar refractivity (Wildman–Crippen MR) is 72.9 cm³/mol. The molecule has 0 bridgehead atoms. The van der Waals surface area contributed by atoms with E-state index >= 15 is 0 Å². The van der Waals surface area contributed by atoms with Gasteiger partial charge in [-0.15, -0.1) is 0 Å². The molecule has 0 aliphatic heterocycles. The molecule has 0 aromatic carbocycles. The number of rotatable bonds is 2. The molecule has 1 aromatic rings. The van der Waals surface area contributed by atoms with E-state index in [-0.39, 0.29) is 0 Å². The van der Waals surface area contributed by atoms with Gasteiger partial charge in [-0.05, 0) is 31.1 Å². The third-order valence-electron chi connectivity index (χ3n) is 1.83. The summed E-state index contributed by atoms with van der Waals surface area (Å²) in [5.74, 6) is 0. The van der Waals surface area contributed by atoms with E-state index in [4.69, 9.17) is 0 Å². The van der Waals surface area contributed by atoms with Crippen LogP contribution in [-0.4, -0.2) is 4.98 Å². The fraction of sp³-hybridized carbons (Fsp3) is 0.429. The van der Waals surface area contributed by atoms with Crippen molar-refractivity contribution in [2.45, 2.75) is 41.5 Å². The van der Waals surface area contributed by atoms with Crippen molar-refractivity contribution in [1.82, 2.24) is 4.98 Å². The summed E-state index contributed by atoms with van der Waals surface area (Å²) < 4.78 is 0. The van der Waals surface area contributed by atoms with E-state index in [1.165, 1.54) is 16.8 Å². The standard InChI is InChI=1S/C10H13N.2C2H6/c1-4-8(3)10-9(5-2)6-7-11-10;2*1-2/h4-7,11H,2H2,1,3H3;2*1-2H3/b8-4-;;. The van der Waals surface area contributed by atoms with Gasteiger partial charge in [0.2, 0.25) is 0 Å². The van der Waals surface area contributed by atoms with Crippen molar-refractivity contribution in [1.29, 1.82) is 0 Å². The Kier molecular flexibility index (Phi) is 11.7. The fourth-order valence-electron chi connectivity index (χ4n) is 1.04. The minimum Gasteiger partial charge on any atom is -0.361 e. The molecule has 1 heterocycles. The molecule has 0 saturated carbocycles. The number of aromatic amines is 1. The third-order valence-corrected chi connectivity index (χ3v) is 1.83. The van der Waals surface area contributed by atoms with Crippen LogP contribution in [0.2, 0.25) is 0 Å². The highest BCUT2D eigenvalue weighted by molar-refractivity contribution is 5.69. The van der Waals surface area contributed by atoms with Gasteiger partial charge < -0.3 is 4.98 Å². The molecule has 15 heavy (non-hydrogen) atoms. The quantitative estimate of drug-likeness (QED) is 0.691. The van der Waals surface area contributed by atoms with E-state index in [1.807, 2.05) is 53.0 Å². The SMILES string of the molecule is C=Cc1cc[nH]c1/C(C)=C\C.CC.CC. The molecule has 1 nitrogen and oxygen atoms in total. The van der Waals surface area contributed by atoms with Crippen molar-refractivity contribution in [3.63, 3.8) is 0 Å². The summed E-state index contributed by atoms with van der Waals surface area (Å²) in [5.41, 5.74) is 3.59. The summed E-state index contributed by atoms with van der Waals surface area (Å²) in [4.78, 5) is 3.17. The summed E-state index contributed by atoms with van der Waals surface area (Å²) in [6.45, 7) is 15.8. The lowest BCUT2D eigenvalue weighted by Crippen LogP contribution is -1.80. The third kappa shape index (κ3) is 5.26. The van der Waals surface area contributed by atoms with Crippen LogP contribution in [0.25, 0.3) is 11.6 Å². The Hall–Kier alpha value is -1.24. The smallest absolute Gasteiger partial charge is 0.0480 e. The first-order valence-corrected chi connectivity index (χ1v) is 5.72. The number of aromatic nitrogens is 1. The van der Waals surface area contributed by atoms with E-state index in [9.17, 15) is 0 Å². The zero-order valence-electron chi connectivity index (χ0n) is 11.0. The van der Waals surface area contributed by atoms with E-state index in [0.29, 0.717) is 0 Å². The number of hydrogen-bond donors (Lipinski definition) is 1. The zero-order valence-corrected chi connectivity index (χ0v) is 11.0. The Morgan fingerprint density at radius 1 is 1.27 bits per heavy atom. The van der Waals surface area contributed by atoms with Gasteiger partial charge in [0, 0.05) is 11.9 Å². The van der Waals surface area contributed by atoms with Crippen molar-refractivity contribution in [3.8, 4) is 0 Å². The van der Waals surface area contributed by atoms with E-state index in [2.05, 4.69) is 24.6 Å². The van der Waals surface area contributed by atoms with Gasteiger partial charge in [0.05, 0.1) is 0 Å². The molecule has 0 aliphatic rings. The Morgan fingerprint density at radius 2 is 1.80 bits per heavy atom. The highest BCUT2D eigenvalue weighted by Gasteiger charge is 1.99. The lowest BCUT2D eigenvalue weighted by atomic mass is 10.1. The van der Waals surface area contributed by atoms with Gasteiger partial charge in [0.15, 0.2) is 0 Å². The number of H-pyrrole nitrogens is 1. The second-order valence-electron chi connectivity index (χ2n) is 2.48. The van der Waals surface area contributed by atoms with Gasteiger partial charge in [-0.1, -0.05) is 46.4 Å². The molecule has 0 atom stereocenters. The molecule has 0 amide bonds. The Labute approximate surface area is 94.9 Å². The van der Waals surface area contributed by atoms with E-state index in [1.54, 1.807) is 0 Å². The van der Waals surface area contributed by atoms with Crippen LogP contribution < -0.4 is 0 Å². The minimum atomic E-state index is 1.17. The Balaban J connectivity index is 0. The topological polar surface area (TPSA) is 15.8 Å². The molecular formula is C14H25N. The Morgan fingerprint density at radius 3 is 2.20 bits per heavy atom. The lowest BCUT2D eigenvalue weighted by molar-refractivity contribution is 1.33. The number of nitrogens with one attached hydrogen (secondary N) is 1. The van der Waals surface area contributed by atoms with Gasteiger partial charge in [0.1, 0.15) is 0 Å². The molecule has 0 fully saturated rings. The second-order valence-corrected chi connectivity index (χ2v) is 2.48. The monoisotopic (exact) mass is 207 g/mol. The summed E-state index contributed by atoms with van der Waals surface area (Å²) in [6.07, 6.45) is 5.87. The molecule has 0 saturated heterocycles. The summed E-state index contributed by atoms with van der Waals surface area (Å²) >= 11 is 0. The van der Waals surface area contributed by atoms with Gasteiger partial charge in [0.25, 0.3) is 0 Å². The highest BCUT2D eigenvalue weighted by Crippen LogP contribution is 2.17. The molecule has 0 unspecified atom stereocenters. The normalized spacial score (nSPS) is 9.33. The van der Waals surface area contributed by atoms with Crippen molar-refractivity contribution in [2.75, 3.05) is 0 Å². The van der Waals surface area contributed by atoms with Gasteiger partial charge in [-0.25, -0.2) is 0 Å². The fourth-order valence-corrected chi connectivity index (χ4v) is 1.04. The molecule has 1 aromatic heterocycles. The van der Waals surface area contributed by atoms with Crippen molar-refractivity contribution < 1.29 is 0 Å². The highest BCUT2D eigenvalue weighted by atomic mass is 14.7. The summed E-state index contributed by atoms with van der Waals surface area (Å²) in [6, 6.07) is 2.02. The van der Waals surface area contributed by atoms with Crippen LogP contribution in [0.4, 0.5) is 0 Å². The van der Waals surface area contributed by atoms with Crippen LogP contribution in [0.5, 0.6) is 0 Å². The average Bonchev–Trinajstić information content (AvgIpc) is 2.81. The molecule has 0 radical (unpaired) electrons. The van der Waals surface area contributed by atoms with Gasteiger partial charge >= 0.3 is 0 Å². The van der Waals surface area contributed by atoms with E-state index < -0.39 is 0 Å². The number of allylic oxidation sites excluding steroid dienone is 2. The van der Waals surface area contributed by atoms with Crippen molar-refractivity contribution in [2.24, 2.45) is 0 Å². The number of hydrogen-bond acceptors (Lipinski definition) is 0. The van der Waals surface area contributed by atoms with Gasteiger partial charge in [-0.2, -0.15) is 0 Å². The molecule has 1 heteroatoms. The van der Waals surface area contributed by atoms with Crippen LogP contribution in [0, 0.1) is 0 Å². The maximum atomic E-state index is 3.73. The van der Waals surface area contributed by atoms with Crippen molar-refractivity contribution >= 4 is 11.6 Å². The average molecular weight is 207 g/mol. The van der Waals surface area contributed by atoms with Crippen LogP contribution in [0.3, 0.4) is 0 Å². The molecular weight excluding hydrogens is 182 g/mol. The molecule has 1 rings (SSSR count). The first-order chi connectivity index (χ1) is 7.29. The minimum absolute atomic E-state index is 1.17. The predicted octanol–water partition coefficient (Wildman–Crippen LogP) is 5.13. The van der Waals surface area contributed by atoms with Crippen LogP contribution in [0.1, 0.15) is 52.8 Å². The molecule has 0 aliphatic carbocycles. The van der Waals surface area contributed by atoms with Crippen LogP contribution in [-0.2, 0) is 0 Å². The maximum absolute atomic E-state index is 3.73. The largest absolute Gasteiger partial charge is 0.361 e. The first kappa shape index (κ1) is 16.2.